The maximum absolute atomic E-state index is 11.9. The molecule has 0 spiro atoms. The standard InChI is InChI=1S/C24H30ClN5O7/c1-24(2,3)20(14-6-5-13(35-4)7-15(14)30(33)34)36-11-12-9-29(18-8-16(32)17(10-31)37-18)22-19(12)21(25)27-23(26)28-22/h5-7,9,16-18,20,31-32H,8,10-11H2,1-4H3,(H2,26,27,28)/t16?,17-,18-,20?/m1/s1. The number of nitrogens with zero attached hydrogens (tertiary/aromatic N) is 4. The molecule has 2 unspecified atom stereocenters. The van der Waals surface area contributed by atoms with Gasteiger partial charge in [-0.15, -0.1) is 0 Å². The Labute approximate surface area is 218 Å². The third kappa shape index (κ3) is 5.34. The summed E-state index contributed by atoms with van der Waals surface area (Å²) >= 11 is 6.46. The first-order chi connectivity index (χ1) is 17.4. The van der Waals surface area contributed by atoms with E-state index in [-0.39, 0.29) is 36.4 Å². The third-order valence-electron chi connectivity index (χ3n) is 6.33. The molecule has 0 aliphatic carbocycles. The zero-order valence-electron chi connectivity index (χ0n) is 20.9. The number of anilines is 1. The zero-order valence-corrected chi connectivity index (χ0v) is 21.7. The normalized spacial score (nSPS) is 20.9. The average molecular weight is 536 g/mol. The molecule has 37 heavy (non-hydrogen) atoms. The summed E-state index contributed by atoms with van der Waals surface area (Å²) in [5, 5.41) is 32.2. The number of ether oxygens (including phenoxy) is 3. The van der Waals surface area contributed by atoms with E-state index >= 15 is 0 Å². The van der Waals surface area contributed by atoms with Crippen molar-refractivity contribution in [2.24, 2.45) is 5.41 Å². The number of nitro benzene ring substituents is 1. The molecule has 12 nitrogen and oxygen atoms in total. The van der Waals surface area contributed by atoms with E-state index in [9.17, 15) is 20.3 Å². The molecule has 3 aromatic rings. The number of hydrogen-bond acceptors (Lipinski definition) is 10. The fraction of sp³-hybridized carbons (Fsp3) is 0.500. The van der Waals surface area contributed by atoms with Crippen molar-refractivity contribution >= 4 is 34.3 Å². The molecule has 0 bridgehead atoms. The van der Waals surface area contributed by atoms with Crippen LogP contribution in [0.5, 0.6) is 5.75 Å². The van der Waals surface area contributed by atoms with Crippen LogP contribution in [-0.4, -0.2) is 55.6 Å². The lowest BCUT2D eigenvalue weighted by Gasteiger charge is -2.31. The molecule has 1 saturated heterocycles. The van der Waals surface area contributed by atoms with Gasteiger partial charge < -0.3 is 34.7 Å². The number of aliphatic hydroxyl groups is 2. The first-order valence-corrected chi connectivity index (χ1v) is 12.0. The number of aromatic nitrogens is 3. The number of rotatable bonds is 8. The van der Waals surface area contributed by atoms with E-state index in [2.05, 4.69) is 9.97 Å². The molecule has 1 aromatic carbocycles. The van der Waals surface area contributed by atoms with Crippen molar-refractivity contribution in [2.75, 3.05) is 19.5 Å². The first-order valence-electron chi connectivity index (χ1n) is 11.6. The van der Waals surface area contributed by atoms with E-state index in [1.165, 1.54) is 13.2 Å². The van der Waals surface area contributed by atoms with Crippen LogP contribution in [0.4, 0.5) is 11.6 Å². The van der Waals surface area contributed by atoms with Gasteiger partial charge in [0.1, 0.15) is 28.9 Å². The summed E-state index contributed by atoms with van der Waals surface area (Å²) in [6.07, 6.45) is -0.951. The molecular weight excluding hydrogens is 506 g/mol. The Kier molecular flexibility index (Phi) is 7.58. The number of fused-ring (bicyclic) bond motifs is 1. The van der Waals surface area contributed by atoms with Crippen molar-refractivity contribution in [3.63, 3.8) is 0 Å². The van der Waals surface area contributed by atoms with Crippen molar-refractivity contribution in [1.82, 2.24) is 14.5 Å². The summed E-state index contributed by atoms with van der Waals surface area (Å²) in [6, 6.07) is 4.66. The van der Waals surface area contributed by atoms with Gasteiger partial charge in [0, 0.05) is 18.2 Å². The smallest absolute Gasteiger partial charge is 0.278 e. The second-order valence-corrected chi connectivity index (χ2v) is 10.3. The summed E-state index contributed by atoms with van der Waals surface area (Å²) in [4.78, 5) is 19.8. The molecular formula is C24H30ClN5O7. The maximum Gasteiger partial charge on any atom is 0.278 e. The molecule has 1 aliphatic heterocycles. The molecule has 2 aromatic heterocycles. The van der Waals surface area contributed by atoms with E-state index in [1.54, 1.807) is 22.9 Å². The Morgan fingerprint density at radius 3 is 2.70 bits per heavy atom. The van der Waals surface area contributed by atoms with Gasteiger partial charge in [0.25, 0.3) is 5.69 Å². The predicted octanol–water partition coefficient (Wildman–Crippen LogP) is 3.53. The van der Waals surface area contributed by atoms with Crippen molar-refractivity contribution < 1.29 is 29.3 Å². The van der Waals surface area contributed by atoms with E-state index in [4.69, 9.17) is 31.5 Å². The molecule has 1 fully saturated rings. The molecule has 3 heterocycles. The fourth-order valence-corrected chi connectivity index (χ4v) is 4.88. The number of hydrogen-bond donors (Lipinski definition) is 3. The summed E-state index contributed by atoms with van der Waals surface area (Å²) in [5.41, 5.74) is 6.62. The number of halogens is 1. The van der Waals surface area contributed by atoms with Gasteiger partial charge >= 0.3 is 0 Å². The predicted molar refractivity (Wildman–Crippen MR) is 135 cm³/mol. The second kappa shape index (κ2) is 10.4. The monoisotopic (exact) mass is 535 g/mol. The minimum absolute atomic E-state index is 0.0142. The Morgan fingerprint density at radius 2 is 2.11 bits per heavy atom. The van der Waals surface area contributed by atoms with Gasteiger partial charge in [-0.05, 0) is 17.5 Å². The minimum atomic E-state index is -0.859. The van der Waals surface area contributed by atoms with E-state index in [0.717, 1.165) is 0 Å². The fourth-order valence-electron chi connectivity index (χ4n) is 4.58. The van der Waals surface area contributed by atoms with Gasteiger partial charge in [-0.3, -0.25) is 10.1 Å². The molecule has 0 radical (unpaired) electrons. The number of nitrogens with two attached hydrogens (primary N) is 1. The van der Waals surface area contributed by atoms with Crippen LogP contribution >= 0.6 is 11.6 Å². The summed E-state index contributed by atoms with van der Waals surface area (Å²) in [7, 11) is 1.45. The zero-order chi connectivity index (χ0) is 27.1. The second-order valence-electron chi connectivity index (χ2n) is 9.99. The summed E-state index contributed by atoms with van der Waals surface area (Å²) < 4.78 is 19.0. The summed E-state index contributed by atoms with van der Waals surface area (Å²) in [5.74, 6) is 0.329. The molecule has 4 atom stereocenters. The molecule has 4 N–H and O–H groups in total. The van der Waals surface area contributed by atoms with Crippen LogP contribution in [0.2, 0.25) is 5.15 Å². The quantitative estimate of drug-likeness (QED) is 0.220. The van der Waals surface area contributed by atoms with Gasteiger partial charge in [-0.25, -0.2) is 4.98 Å². The average Bonchev–Trinajstić information content (AvgIpc) is 3.38. The maximum atomic E-state index is 11.9. The first kappa shape index (κ1) is 27.0. The number of aliphatic hydroxyl groups excluding tert-OH is 2. The van der Waals surface area contributed by atoms with E-state index in [1.807, 2.05) is 20.8 Å². The summed E-state index contributed by atoms with van der Waals surface area (Å²) in [6.45, 7) is 5.45. The lowest BCUT2D eigenvalue weighted by molar-refractivity contribution is -0.386. The van der Waals surface area contributed by atoms with Crippen LogP contribution < -0.4 is 10.5 Å². The van der Waals surface area contributed by atoms with Crippen LogP contribution in [0.3, 0.4) is 0 Å². The van der Waals surface area contributed by atoms with Gasteiger partial charge in [-0.2, -0.15) is 4.98 Å². The van der Waals surface area contributed by atoms with Crippen LogP contribution in [0.15, 0.2) is 24.4 Å². The van der Waals surface area contributed by atoms with E-state index < -0.39 is 34.9 Å². The van der Waals surface area contributed by atoms with Crippen molar-refractivity contribution in [1.29, 1.82) is 0 Å². The van der Waals surface area contributed by atoms with Crippen LogP contribution in [-0.2, 0) is 16.1 Å². The third-order valence-corrected chi connectivity index (χ3v) is 6.60. The van der Waals surface area contributed by atoms with Gasteiger partial charge in [0.15, 0.2) is 0 Å². The highest BCUT2D eigenvalue weighted by Gasteiger charge is 2.37. The highest BCUT2D eigenvalue weighted by Crippen LogP contribution is 2.43. The van der Waals surface area contributed by atoms with Crippen LogP contribution in [0.1, 0.15) is 50.7 Å². The number of methoxy groups -OCH3 is 1. The van der Waals surface area contributed by atoms with Crippen LogP contribution in [0.25, 0.3) is 11.0 Å². The Balaban J connectivity index is 1.74. The Bertz CT molecular complexity index is 1310. The largest absolute Gasteiger partial charge is 0.497 e. The van der Waals surface area contributed by atoms with Gasteiger partial charge in [-0.1, -0.05) is 32.4 Å². The lowest BCUT2D eigenvalue weighted by Crippen LogP contribution is -2.24. The topological polar surface area (TPSA) is 168 Å². The van der Waals surface area contributed by atoms with Crippen molar-refractivity contribution in [3.05, 3.63) is 50.8 Å². The van der Waals surface area contributed by atoms with Gasteiger partial charge in [0.2, 0.25) is 5.95 Å². The molecule has 13 heteroatoms. The molecule has 200 valence electrons. The number of nitro groups is 1. The van der Waals surface area contributed by atoms with Crippen LogP contribution in [0, 0.1) is 15.5 Å². The SMILES string of the molecule is COc1ccc(C(OCc2cn([C@H]3CC(O)[C@@H](CO)O3)c3nc(N)nc(Cl)c23)C(C)(C)C)c([N+](=O)[O-])c1. The molecule has 0 saturated carbocycles. The number of benzene rings is 1. The van der Waals surface area contributed by atoms with E-state index in [0.29, 0.717) is 27.9 Å². The van der Waals surface area contributed by atoms with Crippen molar-refractivity contribution in [2.45, 2.75) is 58.3 Å². The number of nitrogen functional groups attached to an aromatic ring is 1. The minimum Gasteiger partial charge on any atom is -0.497 e. The highest BCUT2D eigenvalue weighted by atomic mass is 35.5. The van der Waals surface area contributed by atoms with Gasteiger partial charge in [0.05, 0.1) is 54.5 Å². The molecule has 0 amide bonds. The molecule has 1 aliphatic rings. The Hall–Kier alpha value is -3.03. The lowest BCUT2D eigenvalue weighted by atomic mass is 9.84. The van der Waals surface area contributed by atoms with Crippen molar-refractivity contribution in [3.8, 4) is 5.75 Å². The highest BCUT2D eigenvalue weighted by molar-refractivity contribution is 6.34. The molecule has 4 rings (SSSR count). The Morgan fingerprint density at radius 1 is 1.38 bits per heavy atom.